The van der Waals surface area contributed by atoms with Crippen molar-refractivity contribution in [1.82, 2.24) is 4.98 Å². The molecule has 0 saturated carbocycles. The third-order valence-electron chi connectivity index (χ3n) is 5.11. The fourth-order valence-electron chi connectivity index (χ4n) is 3.46. The molecule has 1 N–H and O–H groups in total. The first-order chi connectivity index (χ1) is 14.8. The highest BCUT2D eigenvalue weighted by atomic mass is 32.1. The molecular formula is C22H17N3O5S. The van der Waals surface area contributed by atoms with Crippen molar-refractivity contribution < 1.29 is 19.6 Å². The van der Waals surface area contributed by atoms with E-state index in [0.717, 1.165) is 4.88 Å². The van der Waals surface area contributed by atoms with Crippen molar-refractivity contribution in [3.63, 3.8) is 0 Å². The van der Waals surface area contributed by atoms with Gasteiger partial charge in [0.15, 0.2) is 5.13 Å². The summed E-state index contributed by atoms with van der Waals surface area (Å²) in [6.45, 7) is 3.64. The molecule has 1 amide bonds. The summed E-state index contributed by atoms with van der Waals surface area (Å²) in [5, 5.41) is 22.6. The monoisotopic (exact) mass is 435 g/mol. The van der Waals surface area contributed by atoms with Crippen LogP contribution in [0.25, 0.3) is 5.76 Å². The number of nitro groups is 1. The van der Waals surface area contributed by atoms with Crippen molar-refractivity contribution in [2.75, 3.05) is 4.90 Å². The maximum atomic E-state index is 13.0. The van der Waals surface area contributed by atoms with Crippen molar-refractivity contribution in [1.29, 1.82) is 0 Å². The van der Waals surface area contributed by atoms with E-state index in [1.807, 2.05) is 6.92 Å². The Morgan fingerprint density at radius 3 is 2.45 bits per heavy atom. The zero-order valence-electron chi connectivity index (χ0n) is 16.6. The number of aliphatic hydroxyl groups is 1. The van der Waals surface area contributed by atoms with Crippen molar-refractivity contribution in [3.05, 3.63) is 92.0 Å². The number of nitrogens with zero attached hydrogens (tertiary/aromatic N) is 3. The molecule has 0 bridgehead atoms. The molecule has 0 aliphatic carbocycles. The lowest BCUT2D eigenvalue weighted by atomic mass is 9.95. The predicted octanol–water partition coefficient (Wildman–Crippen LogP) is 4.29. The number of Topliss-reactive ketones (excluding diaryl/α,β-unsaturated/α-hetero) is 1. The molecule has 1 atom stereocenters. The first-order valence-electron chi connectivity index (χ1n) is 9.34. The number of aryl methyl sites for hydroxylation is 2. The van der Waals surface area contributed by atoms with Crippen molar-refractivity contribution in [2.24, 2.45) is 0 Å². The number of aromatic nitrogens is 1. The lowest BCUT2D eigenvalue weighted by molar-refractivity contribution is -0.384. The number of amides is 1. The number of rotatable bonds is 4. The van der Waals surface area contributed by atoms with Crippen LogP contribution in [0.1, 0.15) is 27.7 Å². The molecule has 4 rings (SSSR count). The van der Waals surface area contributed by atoms with Gasteiger partial charge in [-0.3, -0.25) is 24.6 Å². The normalized spacial score (nSPS) is 17.9. The van der Waals surface area contributed by atoms with Crippen LogP contribution < -0.4 is 4.90 Å². The molecule has 1 saturated heterocycles. The Bertz CT molecular complexity index is 1230. The Kier molecular flexibility index (Phi) is 5.12. The molecule has 2 aromatic carbocycles. The summed E-state index contributed by atoms with van der Waals surface area (Å²) in [5.74, 6) is -2.06. The first-order valence-corrected chi connectivity index (χ1v) is 10.2. The molecule has 1 fully saturated rings. The summed E-state index contributed by atoms with van der Waals surface area (Å²) < 4.78 is 0. The van der Waals surface area contributed by atoms with Gasteiger partial charge in [0.1, 0.15) is 5.76 Å². The van der Waals surface area contributed by atoms with Gasteiger partial charge >= 0.3 is 5.91 Å². The summed E-state index contributed by atoms with van der Waals surface area (Å²) in [6.07, 6.45) is 0. The number of benzene rings is 2. The minimum Gasteiger partial charge on any atom is -0.507 e. The van der Waals surface area contributed by atoms with Gasteiger partial charge < -0.3 is 5.11 Å². The predicted molar refractivity (Wildman–Crippen MR) is 116 cm³/mol. The number of thiazole rings is 1. The third kappa shape index (κ3) is 3.49. The van der Waals surface area contributed by atoms with Gasteiger partial charge in [0.25, 0.3) is 11.5 Å². The second-order valence-corrected chi connectivity index (χ2v) is 8.21. The number of ketones is 1. The summed E-state index contributed by atoms with van der Waals surface area (Å²) in [7, 11) is 0. The van der Waals surface area contributed by atoms with E-state index < -0.39 is 22.7 Å². The van der Waals surface area contributed by atoms with Gasteiger partial charge in [-0.05, 0) is 19.4 Å². The van der Waals surface area contributed by atoms with Crippen LogP contribution in [0.4, 0.5) is 10.8 Å². The second-order valence-electron chi connectivity index (χ2n) is 7.03. The summed E-state index contributed by atoms with van der Waals surface area (Å²) >= 11 is 1.24. The molecule has 1 aliphatic heterocycles. The van der Waals surface area contributed by atoms with Crippen molar-refractivity contribution in [2.45, 2.75) is 19.9 Å². The van der Waals surface area contributed by atoms with E-state index in [1.54, 1.807) is 43.3 Å². The van der Waals surface area contributed by atoms with Gasteiger partial charge in [-0.1, -0.05) is 42.5 Å². The lowest BCUT2D eigenvalue weighted by Crippen LogP contribution is -2.29. The van der Waals surface area contributed by atoms with E-state index in [4.69, 9.17) is 0 Å². The van der Waals surface area contributed by atoms with Gasteiger partial charge in [-0.2, -0.15) is 0 Å². The van der Waals surface area contributed by atoms with E-state index in [-0.39, 0.29) is 17.0 Å². The fraction of sp³-hybridized carbons (Fsp3) is 0.136. The molecule has 8 nitrogen and oxygen atoms in total. The quantitative estimate of drug-likeness (QED) is 0.215. The summed E-state index contributed by atoms with van der Waals surface area (Å²) in [4.78, 5) is 43.3. The van der Waals surface area contributed by atoms with Gasteiger partial charge in [-0.25, -0.2) is 4.98 Å². The summed E-state index contributed by atoms with van der Waals surface area (Å²) in [5.41, 5.74) is 1.08. The molecule has 1 aromatic heterocycles. The van der Waals surface area contributed by atoms with E-state index in [1.165, 1.54) is 34.4 Å². The van der Waals surface area contributed by atoms with Crippen LogP contribution in [0.2, 0.25) is 0 Å². The molecule has 31 heavy (non-hydrogen) atoms. The average molecular weight is 435 g/mol. The standard InChI is InChI=1S/C22H17N3O5S/c1-12-13(2)31-22(23-12)24-18(15-9-6-10-16(11-15)25(29)30)17(20(27)21(24)28)19(26)14-7-4-3-5-8-14/h3-11,18,26H,1-2H3/b19-17+/t18-/m1/s1. The molecule has 0 spiro atoms. The largest absolute Gasteiger partial charge is 0.507 e. The van der Waals surface area contributed by atoms with Crippen LogP contribution in [0.5, 0.6) is 0 Å². The van der Waals surface area contributed by atoms with Gasteiger partial charge in [0.2, 0.25) is 0 Å². The van der Waals surface area contributed by atoms with Crippen molar-refractivity contribution in [3.8, 4) is 0 Å². The second kappa shape index (κ2) is 7.77. The topological polar surface area (TPSA) is 114 Å². The van der Waals surface area contributed by atoms with Crippen molar-refractivity contribution >= 4 is 39.6 Å². The van der Waals surface area contributed by atoms with Gasteiger partial charge in [-0.15, -0.1) is 11.3 Å². The molecule has 2 heterocycles. The fourth-order valence-corrected chi connectivity index (χ4v) is 4.40. The molecule has 0 unspecified atom stereocenters. The zero-order valence-corrected chi connectivity index (χ0v) is 17.4. The molecule has 1 aliphatic rings. The lowest BCUT2D eigenvalue weighted by Gasteiger charge is -2.22. The van der Waals surface area contributed by atoms with E-state index in [2.05, 4.69) is 4.98 Å². The Balaban J connectivity index is 1.98. The van der Waals surface area contributed by atoms with Gasteiger partial charge in [0, 0.05) is 22.6 Å². The molecule has 0 radical (unpaired) electrons. The zero-order chi connectivity index (χ0) is 22.3. The van der Waals surface area contributed by atoms with E-state index >= 15 is 0 Å². The van der Waals surface area contributed by atoms with E-state index in [9.17, 15) is 24.8 Å². The van der Waals surface area contributed by atoms with Crippen LogP contribution in [-0.4, -0.2) is 26.7 Å². The Morgan fingerprint density at radius 1 is 1.13 bits per heavy atom. The number of hydrogen-bond donors (Lipinski definition) is 1. The average Bonchev–Trinajstić information content (AvgIpc) is 3.23. The number of anilines is 1. The molecular weight excluding hydrogens is 418 g/mol. The Hall–Kier alpha value is -3.85. The molecule has 9 heteroatoms. The highest BCUT2D eigenvalue weighted by molar-refractivity contribution is 7.16. The van der Waals surface area contributed by atoms with Crippen LogP contribution >= 0.6 is 11.3 Å². The van der Waals surface area contributed by atoms with Crippen LogP contribution in [0.15, 0.2) is 60.2 Å². The van der Waals surface area contributed by atoms with Crippen LogP contribution in [0, 0.1) is 24.0 Å². The maximum absolute atomic E-state index is 13.0. The third-order valence-corrected chi connectivity index (χ3v) is 6.18. The van der Waals surface area contributed by atoms with E-state index in [0.29, 0.717) is 22.0 Å². The molecule has 3 aromatic rings. The Labute approximate surface area is 181 Å². The summed E-state index contributed by atoms with van der Waals surface area (Å²) in [6, 6.07) is 13.0. The van der Waals surface area contributed by atoms with Crippen LogP contribution in [-0.2, 0) is 9.59 Å². The highest BCUT2D eigenvalue weighted by Crippen LogP contribution is 2.44. The SMILES string of the molecule is Cc1nc(N2C(=O)C(=O)/C(=C(/O)c3ccccc3)[C@H]2c2cccc([N+](=O)[O-])c2)sc1C. The van der Waals surface area contributed by atoms with Crippen LogP contribution in [0.3, 0.4) is 0 Å². The number of aliphatic hydroxyl groups excluding tert-OH is 1. The number of carbonyl (C=O) groups excluding carboxylic acids is 2. The number of hydrogen-bond acceptors (Lipinski definition) is 7. The minimum atomic E-state index is -1.05. The first kappa shape index (κ1) is 20.4. The maximum Gasteiger partial charge on any atom is 0.301 e. The molecule has 156 valence electrons. The number of nitro benzene ring substituents is 1. The highest BCUT2D eigenvalue weighted by Gasteiger charge is 2.48. The number of non-ortho nitro benzene ring substituents is 1. The Morgan fingerprint density at radius 2 is 1.84 bits per heavy atom. The van der Waals surface area contributed by atoms with Gasteiger partial charge in [0.05, 0.1) is 22.2 Å². The smallest absolute Gasteiger partial charge is 0.301 e. The minimum absolute atomic E-state index is 0.137. The number of carbonyl (C=O) groups is 2.